The number of aromatic nitrogens is 2. The number of imidazole rings is 1. The fourth-order valence-corrected chi connectivity index (χ4v) is 2.86. The fraction of sp³-hybridized carbons (Fsp3) is 0.444. The number of benzene rings is 1. The Bertz CT molecular complexity index is 655. The zero-order valence-corrected chi connectivity index (χ0v) is 15.1. The standard InChI is InChI=1S/C18H24ClN3O2/c1-13(18(24-3)15-6-8-16(19)9-7-15)21-17(23)5-4-11-22-12-10-20-14(22)2/h6-10,12-13,18H,4-5,11H2,1-3H3,(H,21,23)/t13-,18+/m0/s1. The summed E-state index contributed by atoms with van der Waals surface area (Å²) in [5.74, 6) is 0.988. The molecule has 0 saturated carbocycles. The van der Waals surface area contributed by atoms with Crippen molar-refractivity contribution in [3.05, 3.63) is 53.1 Å². The predicted octanol–water partition coefficient (Wildman–Crippen LogP) is 3.52. The van der Waals surface area contributed by atoms with Crippen LogP contribution >= 0.6 is 11.6 Å². The van der Waals surface area contributed by atoms with E-state index < -0.39 is 0 Å². The number of nitrogens with one attached hydrogen (secondary N) is 1. The summed E-state index contributed by atoms with van der Waals surface area (Å²) >= 11 is 5.92. The van der Waals surface area contributed by atoms with Crippen LogP contribution in [0.25, 0.3) is 0 Å². The highest BCUT2D eigenvalue weighted by molar-refractivity contribution is 6.30. The van der Waals surface area contributed by atoms with Crippen molar-refractivity contribution in [2.45, 2.75) is 45.4 Å². The first-order valence-electron chi connectivity index (χ1n) is 8.06. The molecular weight excluding hydrogens is 326 g/mol. The average Bonchev–Trinajstić information content (AvgIpc) is 2.95. The molecule has 1 amide bonds. The van der Waals surface area contributed by atoms with E-state index in [1.807, 2.05) is 48.9 Å². The van der Waals surface area contributed by atoms with Crippen LogP contribution in [-0.4, -0.2) is 28.6 Å². The Kier molecular flexibility index (Phi) is 6.82. The van der Waals surface area contributed by atoms with Crippen molar-refractivity contribution in [2.75, 3.05) is 7.11 Å². The van der Waals surface area contributed by atoms with Gasteiger partial charge in [0.2, 0.25) is 5.91 Å². The van der Waals surface area contributed by atoms with Crippen LogP contribution in [0.2, 0.25) is 5.02 Å². The lowest BCUT2D eigenvalue weighted by molar-refractivity contribution is -0.122. The quantitative estimate of drug-likeness (QED) is 0.793. The minimum Gasteiger partial charge on any atom is -0.375 e. The van der Waals surface area contributed by atoms with Gasteiger partial charge in [-0.2, -0.15) is 0 Å². The lowest BCUT2D eigenvalue weighted by Gasteiger charge is -2.24. The smallest absolute Gasteiger partial charge is 0.220 e. The lowest BCUT2D eigenvalue weighted by Crippen LogP contribution is -2.37. The van der Waals surface area contributed by atoms with Crippen LogP contribution in [-0.2, 0) is 16.1 Å². The highest BCUT2D eigenvalue weighted by Gasteiger charge is 2.20. The Balaban J connectivity index is 1.83. The number of carbonyl (C=O) groups excluding carboxylic acids is 1. The van der Waals surface area contributed by atoms with Crippen LogP contribution in [0.1, 0.15) is 37.3 Å². The molecule has 2 atom stereocenters. The Hall–Kier alpha value is -1.85. The van der Waals surface area contributed by atoms with E-state index in [9.17, 15) is 4.79 Å². The van der Waals surface area contributed by atoms with Gasteiger partial charge >= 0.3 is 0 Å². The van der Waals surface area contributed by atoms with Gasteiger partial charge in [-0.1, -0.05) is 23.7 Å². The average molecular weight is 350 g/mol. The van der Waals surface area contributed by atoms with E-state index >= 15 is 0 Å². The maximum atomic E-state index is 12.2. The number of nitrogens with zero attached hydrogens (tertiary/aromatic N) is 2. The molecule has 0 aliphatic carbocycles. The molecule has 1 aromatic heterocycles. The van der Waals surface area contributed by atoms with Crippen molar-refractivity contribution in [1.29, 1.82) is 0 Å². The minimum absolute atomic E-state index is 0.0243. The van der Waals surface area contributed by atoms with E-state index in [2.05, 4.69) is 10.3 Å². The second-order valence-corrected chi connectivity index (χ2v) is 6.27. The van der Waals surface area contributed by atoms with Gasteiger partial charge in [0.15, 0.2) is 0 Å². The molecule has 0 bridgehead atoms. The summed E-state index contributed by atoms with van der Waals surface area (Å²) in [5.41, 5.74) is 0.990. The highest BCUT2D eigenvalue weighted by atomic mass is 35.5. The SMILES string of the molecule is CO[C@@H](c1ccc(Cl)cc1)[C@H](C)NC(=O)CCCn1ccnc1C. The summed E-state index contributed by atoms with van der Waals surface area (Å²) in [6.45, 7) is 4.69. The Morgan fingerprint density at radius 2 is 2.08 bits per heavy atom. The van der Waals surface area contributed by atoms with E-state index in [0.29, 0.717) is 11.4 Å². The first-order chi connectivity index (χ1) is 11.5. The molecule has 0 aliphatic rings. The number of aryl methyl sites for hydroxylation is 2. The van der Waals surface area contributed by atoms with E-state index in [-0.39, 0.29) is 18.1 Å². The number of ether oxygens (including phenoxy) is 1. The molecule has 5 nitrogen and oxygen atoms in total. The molecular formula is C18H24ClN3O2. The van der Waals surface area contributed by atoms with Crippen molar-refractivity contribution in [3.63, 3.8) is 0 Å². The molecule has 1 N–H and O–H groups in total. The third-order valence-electron chi connectivity index (χ3n) is 4.02. The molecule has 0 fully saturated rings. The summed E-state index contributed by atoms with van der Waals surface area (Å²) < 4.78 is 7.59. The second-order valence-electron chi connectivity index (χ2n) is 5.84. The molecule has 0 saturated heterocycles. The number of hydrogen-bond acceptors (Lipinski definition) is 3. The van der Waals surface area contributed by atoms with Crippen LogP contribution in [0.4, 0.5) is 0 Å². The largest absolute Gasteiger partial charge is 0.375 e. The van der Waals surface area contributed by atoms with Crippen molar-refractivity contribution in [3.8, 4) is 0 Å². The van der Waals surface area contributed by atoms with Crippen molar-refractivity contribution >= 4 is 17.5 Å². The van der Waals surface area contributed by atoms with Crippen LogP contribution in [0, 0.1) is 6.92 Å². The summed E-state index contributed by atoms with van der Waals surface area (Å²) in [7, 11) is 1.64. The van der Waals surface area contributed by atoms with Gasteiger partial charge in [0.25, 0.3) is 0 Å². The van der Waals surface area contributed by atoms with Gasteiger partial charge in [-0.25, -0.2) is 4.98 Å². The molecule has 0 spiro atoms. The normalized spacial score (nSPS) is 13.5. The highest BCUT2D eigenvalue weighted by Crippen LogP contribution is 2.22. The van der Waals surface area contributed by atoms with Gasteiger partial charge in [0.1, 0.15) is 11.9 Å². The Morgan fingerprint density at radius 3 is 2.67 bits per heavy atom. The van der Waals surface area contributed by atoms with Crippen molar-refractivity contribution < 1.29 is 9.53 Å². The van der Waals surface area contributed by atoms with E-state index in [4.69, 9.17) is 16.3 Å². The summed E-state index contributed by atoms with van der Waals surface area (Å²) in [6, 6.07) is 7.36. The Labute approximate surface area is 148 Å². The number of methoxy groups -OCH3 is 1. The monoisotopic (exact) mass is 349 g/mol. The van der Waals surface area contributed by atoms with E-state index in [0.717, 1.165) is 24.4 Å². The van der Waals surface area contributed by atoms with Gasteiger partial charge in [-0.3, -0.25) is 4.79 Å². The lowest BCUT2D eigenvalue weighted by atomic mass is 10.0. The van der Waals surface area contributed by atoms with Gasteiger partial charge < -0.3 is 14.6 Å². The minimum atomic E-state index is -0.206. The predicted molar refractivity (Wildman–Crippen MR) is 95.0 cm³/mol. The van der Waals surface area contributed by atoms with Crippen LogP contribution in [0.5, 0.6) is 0 Å². The molecule has 1 heterocycles. The topological polar surface area (TPSA) is 56.1 Å². The van der Waals surface area contributed by atoms with Gasteiger partial charge in [0, 0.05) is 37.5 Å². The molecule has 0 aliphatic heterocycles. The fourth-order valence-electron chi connectivity index (χ4n) is 2.73. The van der Waals surface area contributed by atoms with Gasteiger partial charge in [-0.15, -0.1) is 0 Å². The van der Waals surface area contributed by atoms with Crippen LogP contribution in [0.15, 0.2) is 36.7 Å². The third-order valence-corrected chi connectivity index (χ3v) is 4.27. The van der Waals surface area contributed by atoms with Crippen LogP contribution in [0.3, 0.4) is 0 Å². The number of halogens is 1. The summed E-state index contributed by atoms with van der Waals surface area (Å²) in [4.78, 5) is 16.3. The zero-order chi connectivity index (χ0) is 17.5. The molecule has 2 rings (SSSR count). The van der Waals surface area contributed by atoms with Crippen LogP contribution < -0.4 is 5.32 Å². The maximum Gasteiger partial charge on any atom is 0.220 e. The van der Waals surface area contributed by atoms with E-state index in [1.165, 1.54) is 0 Å². The van der Waals surface area contributed by atoms with Gasteiger partial charge in [-0.05, 0) is 38.0 Å². The summed E-state index contributed by atoms with van der Waals surface area (Å²) in [6.07, 6.45) is 4.74. The molecule has 6 heteroatoms. The molecule has 2 aromatic rings. The molecule has 1 aromatic carbocycles. The molecule has 24 heavy (non-hydrogen) atoms. The number of carbonyl (C=O) groups is 1. The zero-order valence-electron chi connectivity index (χ0n) is 14.3. The third kappa shape index (κ3) is 5.08. The van der Waals surface area contributed by atoms with E-state index in [1.54, 1.807) is 13.3 Å². The Morgan fingerprint density at radius 1 is 1.38 bits per heavy atom. The first kappa shape index (κ1) is 18.5. The first-order valence-corrected chi connectivity index (χ1v) is 8.44. The van der Waals surface area contributed by atoms with Crippen molar-refractivity contribution in [1.82, 2.24) is 14.9 Å². The molecule has 0 radical (unpaired) electrons. The van der Waals surface area contributed by atoms with Crippen molar-refractivity contribution in [2.24, 2.45) is 0 Å². The second kappa shape index (κ2) is 8.85. The maximum absolute atomic E-state index is 12.2. The number of rotatable bonds is 8. The summed E-state index contributed by atoms with van der Waals surface area (Å²) in [5, 5.41) is 3.70. The number of hydrogen-bond donors (Lipinski definition) is 1. The number of amides is 1. The molecule has 0 unspecified atom stereocenters. The van der Waals surface area contributed by atoms with Gasteiger partial charge in [0.05, 0.1) is 6.04 Å². The molecule has 130 valence electrons.